The van der Waals surface area contributed by atoms with Crippen LogP contribution in [0.4, 0.5) is 0 Å². The third-order valence-electron chi connectivity index (χ3n) is 4.51. The Morgan fingerprint density at radius 2 is 1.73 bits per heavy atom. The second kappa shape index (κ2) is 11.0. The summed E-state index contributed by atoms with van der Waals surface area (Å²) in [5.74, 6) is -0.192. The molecule has 0 radical (unpaired) electrons. The maximum atomic E-state index is 12.2. The summed E-state index contributed by atoms with van der Waals surface area (Å²) in [6.07, 6.45) is 3.79. The minimum absolute atomic E-state index is 0.0666. The molecule has 1 saturated heterocycles. The zero-order valence-corrected chi connectivity index (χ0v) is 19.2. The number of sulfone groups is 1. The molecule has 0 saturated carbocycles. The van der Waals surface area contributed by atoms with E-state index in [1.807, 2.05) is 6.92 Å². The molecule has 11 heteroatoms. The summed E-state index contributed by atoms with van der Waals surface area (Å²) in [6, 6.07) is 5.63. The minimum Gasteiger partial charge on any atom is -0.368 e. The Labute approximate surface area is 178 Å². The lowest BCUT2D eigenvalue weighted by Crippen LogP contribution is -2.55. The molecule has 30 heavy (non-hydrogen) atoms. The Morgan fingerprint density at radius 1 is 1.20 bits per heavy atom. The Bertz CT molecular complexity index is 934. The van der Waals surface area contributed by atoms with Crippen LogP contribution in [0.25, 0.3) is 0 Å². The molecular formula is C19H30N2O7S2. The Hall–Kier alpha value is -1.79. The van der Waals surface area contributed by atoms with Gasteiger partial charge in [0.25, 0.3) is 16.0 Å². The molecule has 1 aliphatic heterocycles. The van der Waals surface area contributed by atoms with Gasteiger partial charge in [0, 0.05) is 24.8 Å². The summed E-state index contributed by atoms with van der Waals surface area (Å²) in [4.78, 5) is 12.2. The summed E-state index contributed by atoms with van der Waals surface area (Å²) < 4.78 is 57.0. The second-order valence-electron chi connectivity index (χ2n) is 7.16. The molecule has 1 heterocycles. The van der Waals surface area contributed by atoms with Crippen LogP contribution in [0.15, 0.2) is 40.6 Å². The van der Waals surface area contributed by atoms with Crippen molar-refractivity contribution in [2.45, 2.75) is 43.2 Å². The molecule has 170 valence electrons. The van der Waals surface area contributed by atoms with E-state index in [1.165, 1.54) is 25.3 Å². The van der Waals surface area contributed by atoms with Crippen molar-refractivity contribution >= 4 is 25.9 Å². The predicted molar refractivity (Wildman–Crippen MR) is 114 cm³/mol. The summed E-state index contributed by atoms with van der Waals surface area (Å²) in [5.41, 5.74) is 0.149. The average Bonchev–Trinajstić information content (AvgIpc) is 2.66. The first-order chi connectivity index (χ1) is 13.8. The van der Waals surface area contributed by atoms with Crippen LogP contribution >= 0.6 is 0 Å². The van der Waals surface area contributed by atoms with Gasteiger partial charge in [-0.2, -0.15) is 8.42 Å². The first kappa shape index (κ1) is 26.2. The van der Waals surface area contributed by atoms with Crippen LogP contribution in [0.3, 0.4) is 0 Å². The second-order valence-corrected chi connectivity index (χ2v) is 10.5. The molecule has 0 aliphatic carbocycles. The van der Waals surface area contributed by atoms with Gasteiger partial charge in [0.2, 0.25) is 0 Å². The number of methoxy groups -OCH3 is 1. The van der Waals surface area contributed by atoms with Gasteiger partial charge < -0.3 is 15.4 Å². The number of amides is 1. The van der Waals surface area contributed by atoms with Gasteiger partial charge in [0.1, 0.15) is 5.60 Å². The number of carbonyl (C=O) groups is 1. The number of hydrogen-bond acceptors (Lipinski definition) is 7. The quantitative estimate of drug-likeness (QED) is 0.534. The van der Waals surface area contributed by atoms with Crippen LogP contribution < -0.4 is 10.6 Å². The molecule has 0 spiro atoms. The number of ether oxygens (including phenoxy) is 1. The fourth-order valence-corrected chi connectivity index (χ4v) is 3.71. The Morgan fingerprint density at radius 3 is 2.17 bits per heavy atom. The third kappa shape index (κ3) is 8.92. The van der Waals surface area contributed by atoms with E-state index in [2.05, 4.69) is 10.6 Å². The molecule has 1 aromatic rings. The van der Waals surface area contributed by atoms with E-state index in [9.17, 15) is 21.6 Å². The van der Waals surface area contributed by atoms with Gasteiger partial charge in [-0.15, -0.1) is 0 Å². The van der Waals surface area contributed by atoms with Crippen molar-refractivity contribution in [1.29, 1.82) is 0 Å². The highest BCUT2D eigenvalue weighted by molar-refractivity contribution is 7.93. The highest BCUT2D eigenvalue weighted by atomic mass is 32.2. The molecule has 1 amide bonds. The molecule has 3 N–H and O–H groups in total. The van der Waals surface area contributed by atoms with E-state index in [-0.39, 0.29) is 16.8 Å². The van der Waals surface area contributed by atoms with Crippen LogP contribution in [0.5, 0.6) is 0 Å². The van der Waals surface area contributed by atoms with Gasteiger partial charge in [0.15, 0.2) is 9.84 Å². The summed E-state index contributed by atoms with van der Waals surface area (Å²) in [6.45, 7) is 5.03. The maximum absolute atomic E-state index is 12.2. The van der Waals surface area contributed by atoms with Crippen LogP contribution in [-0.2, 0) is 29.5 Å². The third-order valence-corrected chi connectivity index (χ3v) is 6.03. The fourth-order valence-electron chi connectivity index (χ4n) is 2.71. The van der Waals surface area contributed by atoms with E-state index >= 15 is 0 Å². The monoisotopic (exact) mass is 462 g/mol. The van der Waals surface area contributed by atoms with Gasteiger partial charge >= 0.3 is 0 Å². The van der Waals surface area contributed by atoms with Crippen LogP contribution in [0.2, 0.25) is 0 Å². The summed E-state index contributed by atoms with van der Waals surface area (Å²) >= 11 is 0. The average molecular weight is 463 g/mol. The lowest BCUT2D eigenvalue weighted by molar-refractivity contribution is -0.147. The first-order valence-electron chi connectivity index (χ1n) is 9.28. The highest BCUT2D eigenvalue weighted by Crippen LogP contribution is 2.22. The zero-order chi connectivity index (χ0) is 23.0. The first-order valence-corrected chi connectivity index (χ1v) is 12.7. The molecule has 0 bridgehead atoms. The number of aryl methyl sites for hydroxylation is 1. The largest absolute Gasteiger partial charge is 0.368 e. The SMILES string of the molecule is COC1(C(=O)N[C@H](C)/C=C\S(C)(=O)=O)CCNCC1.Cc1ccc(S(=O)(=O)O)cc1. The van der Waals surface area contributed by atoms with Crippen molar-refractivity contribution in [1.82, 2.24) is 10.6 Å². The molecule has 1 atom stereocenters. The molecule has 1 fully saturated rings. The van der Waals surface area contributed by atoms with E-state index in [0.717, 1.165) is 30.3 Å². The fraction of sp³-hybridized carbons (Fsp3) is 0.526. The topological polar surface area (TPSA) is 139 Å². The van der Waals surface area contributed by atoms with Crippen molar-refractivity contribution in [2.75, 3.05) is 26.5 Å². The number of rotatable bonds is 6. The number of benzene rings is 1. The van der Waals surface area contributed by atoms with Gasteiger partial charge in [-0.1, -0.05) is 23.8 Å². The number of carbonyl (C=O) groups excluding carboxylic acids is 1. The Kier molecular flexibility index (Phi) is 9.63. The van der Waals surface area contributed by atoms with Crippen LogP contribution in [0.1, 0.15) is 25.3 Å². The van der Waals surface area contributed by atoms with Crippen molar-refractivity contribution < 1.29 is 30.9 Å². The molecular weight excluding hydrogens is 432 g/mol. The number of piperidine rings is 1. The van der Waals surface area contributed by atoms with E-state index in [1.54, 1.807) is 19.1 Å². The highest BCUT2D eigenvalue weighted by Gasteiger charge is 2.39. The van der Waals surface area contributed by atoms with Gasteiger partial charge in [-0.25, -0.2) is 8.42 Å². The minimum atomic E-state index is -4.02. The Balaban J connectivity index is 0.000000346. The van der Waals surface area contributed by atoms with E-state index < -0.39 is 25.6 Å². The number of hydrogen-bond donors (Lipinski definition) is 3. The van der Waals surface area contributed by atoms with Crippen molar-refractivity contribution in [2.24, 2.45) is 0 Å². The molecule has 0 aromatic heterocycles. The lowest BCUT2D eigenvalue weighted by Gasteiger charge is -2.35. The van der Waals surface area contributed by atoms with Gasteiger partial charge in [-0.3, -0.25) is 9.35 Å². The van der Waals surface area contributed by atoms with Gasteiger partial charge in [-0.05, 0) is 51.9 Å². The van der Waals surface area contributed by atoms with Gasteiger partial charge in [0.05, 0.1) is 4.90 Å². The molecule has 0 unspecified atom stereocenters. The predicted octanol–water partition coefficient (Wildman–Crippen LogP) is 1.06. The van der Waals surface area contributed by atoms with Crippen molar-refractivity contribution in [3.63, 3.8) is 0 Å². The summed E-state index contributed by atoms with van der Waals surface area (Å²) in [5, 5.41) is 7.04. The molecule has 9 nitrogen and oxygen atoms in total. The molecule has 1 aromatic carbocycles. The van der Waals surface area contributed by atoms with Crippen LogP contribution in [0, 0.1) is 6.92 Å². The molecule has 2 rings (SSSR count). The molecule has 1 aliphatic rings. The standard InChI is InChI=1S/C12H22N2O4S.C7H8O3S/c1-10(4-9-19(3,16)17)14-11(15)12(18-2)5-7-13-8-6-12;1-6-2-4-7(5-3-6)11(8,9)10/h4,9-10,13H,5-8H2,1-3H3,(H,14,15);2-5H,1H3,(H,8,9,10)/b9-4-;/t10-;/m1./s1. The van der Waals surface area contributed by atoms with Crippen molar-refractivity contribution in [3.8, 4) is 0 Å². The van der Waals surface area contributed by atoms with E-state index in [0.29, 0.717) is 12.8 Å². The van der Waals surface area contributed by atoms with Crippen molar-refractivity contribution in [3.05, 3.63) is 41.3 Å². The maximum Gasteiger partial charge on any atom is 0.294 e. The normalized spacial score (nSPS) is 17.6. The smallest absolute Gasteiger partial charge is 0.294 e. The van der Waals surface area contributed by atoms with E-state index in [4.69, 9.17) is 9.29 Å². The zero-order valence-electron chi connectivity index (χ0n) is 17.6. The number of nitrogens with one attached hydrogen (secondary N) is 2. The van der Waals surface area contributed by atoms with Crippen LogP contribution in [-0.4, -0.2) is 65.4 Å². The summed E-state index contributed by atoms with van der Waals surface area (Å²) in [7, 11) is -5.66. The lowest BCUT2D eigenvalue weighted by atomic mass is 9.91.